The van der Waals surface area contributed by atoms with Crippen LogP contribution >= 0.6 is 11.8 Å². The van der Waals surface area contributed by atoms with Crippen LogP contribution in [0.15, 0.2) is 41.6 Å². The summed E-state index contributed by atoms with van der Waals surface area (Å²) in [6.07, 6.45) is 4.12. The number of hydrogen-bond acceptors (Lipinski definition) is 5. The first-order chi connectivity index (χ1) is 9.31. The van der Waals surface area contributed by atoms with Gasteiger partial charge in [-0.2, -0.15) is 0 Å². The van der Waals surface area contributed by atoms with Crippen LogP contribution in [-0.2, 0) is 0 Å². The van der Waals surface area contributed by atoms with E-state index in [9.17, 15) is 0 Å². The Labute approximate surface area is 115 Å². The molecule has 0 radical (unpaired) electrons. The molecule has 0 fully saturated rings. The molecule has 0 saturated heterocycles. The second-order valence-corrected chi connectivity index (χ2v) is 5.17. The molecule has 19 heavy (non-hydrogen) atoms. The number of methoxy groups -OCH3 is 1. The van der Waals surface area contributed by atoms with Gasteiger partial charge in [-0.05, 0) is 31.2 Å². The zero-order valence-corrected chi connectivity index (χ0v) is 11.5. The molecule has 5 nitrogen and oxygen atoms in total. The van der Waals surface area contributed by atoms with Gasteiger partial charge < -0.3 is 10.2 Å². The first-order valence-corrected chi connectivity index (χ1v) is 6.85. The molecule has 98 valence electrons. The molecule has 2 heterocycles. The minimum Gasteiger partial charge on any atom is -0.497 e. The molecule has 6 heteroatoms. The van der Waals surface area contributed by atoms with Crippen LogP contribution < -0.4 is 10.2 Å². The fourth-order valence-electron chi connectivity index (χ4n) is 1.91. The molecule has 1 N–H and O–H groups in total. The highest BCUT2D eigenvalue weighted by molar-refractivity contribution is 8.00. The number of benzene rings is 1. The molecular formula is C13H14N4OS. The number of nitrogens with one attached hydrogen (secondary N) is 1. The van der Waals surface area contributed by atoms with Crippen molar-refractivity contribution in [1.82, 2.24) is 14.9 Å². The Balaban J connectivity index is 1.91. The normalized spacial score (nSPS) is 17.5. The lowest BCUT2D eigenvalue weighted by Crippen LogP contribution is -2.17. The van der Waals surface area contributed by atoms with Gasteiger partial charge in [-0.15, -0.1) is 10.2 Å². The molecule has 0 unspecified atom stereocenters. The summed E-state index contributed by atoms with van der Waals surface area (Å²) >= 11 is 1.65. The zero-order valence-electron chi connectivity index (χ0n) is 10.7. The predicted molar refractivity (Wildman–Crippen MR) is 75.8 cm³/mol. The molecule has 3 rings (SSSR count). The monoisotopic (exact) mass is 274 g/mol. The van der Waals surface area contributed by atoms with Gasteiger partial charge in [0.2, 0.25) is 5.16 Å². The Hall–Kier alpha value is -1.95. The smallest absolute Gasteiger partial charge is 0.212 e. The van der Waals surface area contributed by atoms with Crippen molar-refractivity contribution in [2.75, 3.05) is 12.5 Å². The van der Waals surface area contributed by atoms with Crippen molar-refractivity contribution in [2.24, 2.45) is 0 Å². The Morgan fingerprint density at radius 2 is 2.11 bits per heavy atom. The zero-order chi connectivity index (χ0) is 13.2. The average molecular weight is 274 g/mol. The third kappa shape index (κ3) is 2.19. The molecule has 0 spiro atoms. The number of aromatic nitrogens is 3. The molecule has 0 saturated carbocycles. The van der Waals surface area contributed by atoms with E-state index in [2.05, 4.69) is 21.7 Å². The van der Waals surface area contributed by atoms with E-state index in [0.29, 0.717) is 0 Å². The first kappa shape index (κ1) is 12.1. The van der Waals surface area contributed by atoms with E-state index in [0.717, 1.165) is 22.3 Å². The van der Waals surface area contributed by atoms with E-state index in [4.69, 9.17) is 4.74 Å². The Morgan fingerprint density at radius 1 is 1.32 bits per heavy atom. The highest BCUT2D eigenvalue weighted by atomic mass is 32.2. The van der Waals surface area contributed by atoms with E-state index < -0.39 is 0 Å². The van der Waals surface area contributed by atoms with Gasteiger partial charge in [0.05, 0.1) is 7.11 Å². The largest absolute Gasteiger partial charge is 0.497 e. The van der Waals surface area contributed by atoms with Gasteiger partial charge in [0.15, 0.2) is 5.82 Å². The van der Waals surface area contributed by atoms with E-state index in [1.807, 2.05) is 41.9 Å². The summed E-state index contributed by atoms with van der Waals surface area (Å²) < 4.78 is 7.08. The highest BCUT2D eigenvalue weighted by Crippen LogP contribution is 2.32. The quantitative estimate of drug-likeness (QED) is 0.872. The fourth-order valence-corrected chi connectivity index (χ4v) is 2.87. The molecule has 0 amide bonds. The molecule has 1 atom stereocenters. The molecule has 0 aliphatic carbocycles. The summed E-state index contributed by atoms with van der Waals surface area (Å²) in [7, 11) is 1.66. The summed E-state index contributed by atoms with van der Waals surface area (Å²) in [4.78, 5) is 0. The molecule has 1 aromatic carbocycles. The Morgan fingerprint density at radius 3 is 2.79 bits per heavy atom. The number of hydrogen-bond donors (Lipinski definition) is 1. The third-order valence-corrected chi connectivity index (χ3v) is 3.83. The number of thioether (sulfide) groups is 1. The predicted octanol–water partition coefficient (Wildman–Crippen LogP) is 2.51. The van der Waals surface area contributed by atoms with Gasteiger partial charge in [0, 0.05) is 5.56 Å². The van der Waals surface area contributed by atoms with Crippen LogP contribution in [0.2, 0.25) is 0 Å². The highest BCUT2D eigenvalue weighted by Gasteiger charge is 2.24. The lowest BCUT2D eigenvalue weighted by molar-refractivity contribution is 0.415. The lowest BCUT2D eigenvalue weighted by Gasteiger charge is -2.08. The molecule has 1 aliphatic heterocycles. The number of nitrogens with zero attached hydrogens (tertiary/aromatic N) is 3. The van der Waals surface area contributed by atoms with E-state index >= 15 is 0 Å². The summed E-state index contributed by atoms with van der Waals surface area (Å²) in [6, 6.07) is 7.79. The van der Waals surface area contributed by atoms with Crippen LogP contribution in [0, 0.1) is 0 Å². The Kier molecular flexibility index (Phi) is 3.16. The average Bonchev–Trinajstić information content (AvgIpc) is 2.99. The minimum atomic E-state index is 0.215. The van der Waals surface area contributed by atoms with Crippen molar-refractivity contribution >= 4 is 11.8 Å². The summed E-state index contributed by atoms with van der Waals surface area (Å²) in [5.74, 6) is 1.65. The first-order valence-electron chi connectivity index (χ1n) is 5.97. The van der Waals surface area contributed by atoms with E-state index in [-0.39, 0.29) is 5.37 Å². The number of ether oxygens (including phenoxy) is 1. The summed E-state index contributed by atoms with van der Waals surface area (Å²) in [5, 5.41) is 9.52. The van der Waals surface area contributed by atoms with Crippen LogP contribution in [0.3, 0.4) is 0 Å². The van der Waals surface area contributed by atoms with Crippen LogP contribution in [-0.4, -0.2) is 27.4 Å². The van der Waals surface area contributed by atoms with Crippen molar-refractivity contribution < 1.29 is 4.74 Å². The number of allylic oxidation sites excluding steroid dienone is 1. The maximum absolute atomic E-state index is 5.16. The van der Waals surface area contributed by atoms with Gasteiger partial charge in [0.1, 0.15) is 11.1 Å². The maximum atomic E-state index is 5.16. The second-order valence-electron chi connectivity index (χ2n) is 4.06. The minimum absolute atomic E-state index is 0.215. The van der Waals surface area contributed by atoms with Crippen LogP contribution in [0.25, 0.3) is 11.4 Å². The van der Waals surface area contributed by atoms with Crippen molar-refractivity contribution in [3.63, 3.8) is 0 Å². The Bertz CT molecular complexity index is 606. The van der Waals surface area contributed by atoms with Gasteiger partial charge >= 0.3 is 0 Å². The number of fused-ring (bicyclic) bond motifs is 1. The van der Waals surface area contributed by atoms with E-state index in [1.54, 1.807) is 18.9 Å². The van der Waals surface area contributed by atoms with E-state index in [1.165, 1.54) is 0 Å². The number of rotatable bonds is 3. The van der Waals surface area contributed by atoms with Gasteiger partial charge in [0.25, 0.3) is 0 Å². The molecule has 1 aliphatic rings. The molecule has 0 bridgehead atoms. The van der Waals surface area contributed by atoms with Crippen molar-refractivity contribution in [3.05, 3.63) is 36.4 Å². The van der Waals surface area contributed by atoms with Crippen LogP contribution in [0.5, 0.6) is 5.75 Å². The van der Waals surface area contributed by atoms with Crippen LogP contribution in [0.4, 0.5) is 0 Å². The SMILES string of the molecule is CC=C[C@@H]1Nn2c(nnc2-c2ccc(OC)cc2)S1. The lowest BCUT2D eigenvalue weighted by atomic mass is 10.2. The van der Waals surface area contributed by atoms with Crippen molar-refractivity contribution in [3.8, 4) is 17.1 Å². The third-order valence-electron chi connectivity index (χ3n) is 2.84. The van der Waals surface area contributed by atoms with Gasteiger partial charge in [-0.1, -0.05) is 23.9 Å². The van der Waals surface area contributed by atoms with Crippen LogP contribution in [0.1, 0.15) is 6.92 Å². The standard InChI is InChI=1S/C13H14N4OS/c1-3-4-11-16-17-12(14-15-13(17)19-11)9-5-7-10(18-2)8-6-9/h3-8,11,16H,1-2H3/t11-/m1/s1. The fraction of sp³-hybridized carbons (Fsp3) is 0.231. The molecule has 1 aromatic heterocycles. The summed E-state index contributed by atoms with van der Waals surface area (Å²) in [5.41, 5.74) is 4.36. The molecule has 2 aromatic rings. The maximum Gasteiger partial charge on any atom is 0.212 e. The summed E-state index contributed by atoms with van der Waals surface area (Å²) in [6.45, 7) is 2.01. The second kappa shape index (κ2) is 4.97. The topological polar surface area (TPSA) is 52.0 Å². The van der Waals surface area contributed by atoms with Crippen molar-refractivity contribution in [1.29, 1.82) is 0 Å². The van der Waals surface area contributed by atoms with Gasteiger partial charge in [-0.3, -0.25) is 0 Å². The van der Waals surface area contributed by atoms with Crippen molar-refractivity contribution in [2.45, 2.75) is 17.5 Å². The molecular weight excluding hydrogens is 260 g/mol. The van der Waals surface area contributed by atoms with Gasteiger partial charge in [-0.25, -0.2) is 4.68 Å².